The van der Waals surface area contributed by atoms with Gasteiger partial charge in [0.15, 0.2) is 0 Å². The van der Waals surface area contributed by atoms with Gasteiger partial charge < -0.3 is 56.6 Å². The van der Waals surface area contributed by atoms with Crippen molar-refractivity contribution in [1.29, 1.82) is 0 Å². The predicted molar refractivity (Wildman–Crippen MR) is 229 cm³/mol. The van der Waals surface area contributed by atoms with Crippen molar-refractivity contribution in [2.75, 3.05) is 0 Å². The summed E-state index contributed by atoms with van der Waals surface area (Å²) in [6, 6.07) is 20.5. The molecule has 0 aliphatic carbocycles. The summed E-state index contributed by atoms with van der Waals surface area (Å²) in [4.78, 5) is 64.1. The van der Waals surface area contributed by atoms with Crippen molar-refractivity contribution < 1.29 is 138 Å². The average Bonchev–Trinajstić information content (AvgIpc) is 3.17. The largest absolute Gasteiger partial charge is 3.00 e. The van der Waals surface area contributed by atoms with Gasteiger partial charge in [-0.3, -0.25) is 0 Å². The van der Waals surface area contributed by atoms with Crippen LogP contribution in [0.5, 0.6) is 17.2 Å². The van der Waals surface area contributed by atoms with E-state index in [2.05, 4.69) is 34.3 Å². The third-order valence-electron chi connectivity index (χ3n) is 9.70. The summed E-state index contributed by atoms with van der Waals surface area (Å²) in [6.45, 7) is 6.59. The molecule has 0 saturated carbocycles. The first-order chi connectivity index (χ1) is 28.6. The molecule has 62 heavy (non-hydrogen) atoms. The number of phosphoric ester groups is 3. The Morgan fingerprint density at radius 3 is 0.742 bits per heavy atom. The van der Waals surface area contributed by atoms with E-state index >= 15 is 0 Å². The fourth-order valence-corrected chi connectivity index (χ4v) is 7.83. The van der Waals surface area contributed by atoms with Crippen LogP contribution in [-0.2, 0) is 33.0 Å². The zero-order valence-corrected chi connectivity index (χ0v) is 46.2. The third-order valence-corrected chi connectivity index (χ3v) is 11.0. The Kier molecular flexibility index (Phi) is 40.7. The number of hydrogen-bond acceptors (Lipinski definition) is 12. The maximum Gasteiger partial charge on any atom is 3.00 e. The van der Waals surface area contributed by atoms with Crippen LogP contribution in [0.25, 0.3) is 0 Å². The average molecular weight is 1180 g/mol. The Morgan fingerprint density at radius 2 is 0.532 bits per heavy atom. The van der Waals surface area contributed by atoms with Crippen molar-refractivity contribution in [2.24, 2.45) is 0 Å². The van der Waals surface area contributed by atoms with Gasteiger partial charge in [0.05, 0.1) is 0 Å². The van der Waals surface area contributed by atoms with Crippen LogP contribution in [0.3, 0.4) is 0 Å². The summed E-state index contributed by atoms with van der Waals surface area (Å²) in [5, 5.41) is 0. The third kappa shape index (κ3) is 37.3. The normalized spacial score (nSPS) is 11.2. The molecule has 3 rings (SSSR count). The Bertz CT molecular complexity index is 1490. The first kappa shape index (κ1) is 64.3. The molecule has 0 aromatic heterocycles. The monoisotopic (exact) mass is 1180 g/mol. The number of aryl methyl sites for hydroxylation is 3. The molecule has 0 spiro atoms. The molecular weight excluding hydrogens is 1110 g/mol. The van der Waals surface area contributed by atoms with Gasteiger partial charge in [0.1, 0.15) is 40.7 Å². The van der Waals surface area contributed by atoms with Crippen molar-refractivity contribution in [1.82, 2.24) is 0 Å². The molecule has 0 fully saturated rings. The second kappa shape index (κ2) is 39.2. The van der Waals surface area contributed by atoms with Gasteiger partial charge in [-0.25, -0.2) is 0 Å². The first-order valence-corrected chi connectivity index (χ1v) is 26.3. The molecule has 0 amide bonds. The summed E-state index contributed by atoms with van der Waals surface area (Å²) in [6.07, 6.45) is 27.3. The molecule has 0 bridgehead atoms. The predicted octanol–water partition coefficient (Wildman–Crippen LogP) is 9.56. The van der Waals surface area contributed by atoms with Crippen LogP contribution in [0, 0.1) is 81.7 Å². The van der Waals surface area contributed by atoms with E-state index in [4.69, 9.17) is 0 Å². The van der Waals surface area contributed by atoms with Crippen molar-refractivity contribution in [3.8, 4) is 17.2 Å². The topological polar surface area (TPSA) is 217 Å². The Morgan fingerprint density at radius 1 is 0.339 bits per heavy atom. The minimum Gasteiger partial charge on any atom is -0.780 e. The van der Waals surface area contributed by atoms with Gasteiger partial charge in [0.25, 0.3) is 0 Å². The molecule has 2 radical (unpaired) electrons. The van der Waals surface area contributed by atoms with Crippen LogP contribution < -0.4 is 42.9 Å². The summed E-state index contributed by atoms with van der Waals surface area (Å²) in [7, 11) is -14.9. The fraction of sp³-hybridized carbons (Fsp3) is 0.600. The van der Waals surface area contributed by atoms with Crippen LogP contribution in [0.2, 0.25) is 0 Å². The van der Waals surface area contributed by atoms with E-state index in [1.54, 1.807) is 18.2 Å². The molecule has 0 heterocycles. The van der Waals surface area contributed by atoms with Crippen LogP contribution in [0.1, 0.15) is 172 Å². The summed E-state index contributed by atoms with van der Waals surface area (Å²) in [5.41, 5.74) is 2.36. The van der Waals surface area contributed by atoms with E-state index in [9.17, 15) is 43.1 Å². The number of rotatable bonds is 30. The van der Waals surface area contributed by atoms with Crippen LogP contribution in [0.15, 0.2) is 72.8 Å². The number of para-hydroxylation sites is 3. The van der Waals surface area contributed by atoms with Gasteiger partial charge in [0.2, 0.25) is 0 Å². The Balaban J connectivity index is 0. The Labute approximate surface area is 438 Å². The molecule has 0 unspecified atom stereocenters. The van der Waals surface area contributed by atoms with Gasteiger partial charge in [-0.2, -0.15) is 0 Å². The number of phosphoric acid groups is 3. The van der Waals surface area contributed by atoms with Gasteiger partial charge in [0, 0.05) is 0 Å². The van der Waals surface area contributed by atoms with E-state index in [0.717, 1.165) is 74.5 Å². The second-order valence-corrected chi connectivity index (χ2v) is 18.3. The SMILES string of the molecule is CCCCCCCCCc1ccccc1OP(=O)([O-])[O-].CCCCCCCCCc1ccccc1OP(=O)([O-])[O-].CCCCCCCCCc1ccccc1OP(=O)([O-])[O-].[Nd+3].[Nd+3]. The maximum atomic E-state index is 10.7. The van der Waals surface area contributed by atoms with Crippen LogP contribution in [0.4, 0.5) is 0 Å². The van der Waals surface area contributed by atoms with Gasteiger partial charge in [-0.05, 0) is 73.4 Å². The Hall–Kier alpha value is 0.211. The van der Waals surface area contributed by atoms with Gasteiger partial charge in [-0.15, -0.1) is 0 Å². The van der Waals surface area contributed by atoms with E-state index in [1.165, 1.54) is 115 Å². The number of hydrogen-bond donors (Lipinski definition) is 0. The van der Waals surface area contributed by atoms with Crippen molar-refractivity contribution >= 4 is 23.5 Å². The minimum absolute atomic E-state index is 0. The molecule has 0 N–H and O–H groups in total. The molecular formula is C45H69Nd2O12P3. The minimum atomic E-state index is -4.97. The molecule has 3 aromatic carbocycles. The van der Waals surface area contributed by atoms with E-state index in [1.807, 2.05) is 36.4 Å². The van der Waals surface area contributed by atoms with Crippen molar-refractivity contribution in [3.05, 3.63) is 89.5 Å². The summed E-state index contributed by atoms with van der Waals surface area (Å²) in [5.74, 6) is 0.519. The molecule has 12 nitrogen and oxygen atoms in total. The van der Waals surface area contributed by atoms with E-state index < -0.39 is 23.5 Å². The van der Waals surface area contributed by atoms with Gasteiger partial charge in [-0.1, -0.05) is 191 Å². The molecule has 344 valence electrons. The summed E-state index contributed by atoms with van der Waals surface area (Å²) < 4.78 is 45.5. The smallest absolute Gasteiger partial charge is 0.780 e. The molecule has 17 heteroatoms. The fourth-order valence-electron chi connectivity index (χ4n) is 6.58. The molecule has 0 atom stereocenters. The van der Waals surface area contributed by atoms with Crippen molar-refractivity contribution in [3.63, 3.8) is 0 Å². The zero-order valence-electron chi connectivity index (χ0n) is 37.1. The second-order valence-electron chi connectivity index (χ2n) is 15.1. The van der Waals surface area contributed by atoms with Crippen LogP contribution in [-0.4, -0.2) is 0 Å². The standard InChI is InChI=1S/3C15H25O4P.2Nd/c3*1-2-3-4-5-6-7-8-11-14-12-9-10-13-15(14)19-20(16,17)18;;/h3*9-10,12-13H,2-8,11H2,1H3,(H2,16,17,18);;/q;;;2*+3/p-6. The molecule has 3 aromatic rings. The molecule has 0 aliphatic rings. The van der Waals surface area contributed by atoms with E-state index in [0.29, 0.717) is 0 Å². The van der Waals surface area contributed by atoms with Crippen molar-refractivity contribution in [2.45, 2.75) is 175 Å². The van der Waals surface area contributed by atoms with E-state index in [-0.39, 0.29) is 98.9 Å². The zero-order chi connectivity index (χ0) is 44.5. The molecule has 0 saturated heterocycles. The number of benzene rings is 3. The first-order valence-electron chi connectivity index (χ1n) is 22.0. The quantitative estimate of drug-likeness (QED) is 0.0450. The van der Waals surface area contributed by atoms with Gasteiger partial charge >= 0.3 is 81.7 Å². The maximum absolute atomic E-state index is 10.7. The summed E-state index contributed by atoms with van der Waals surface area (Å²) >= 11 is 0. The molecule has 0 aliphatic heterocycles. The van der Waals surface area contributed by atoms with Crippen LogP contribution >= 0.6 is 23.5 Å². The number of unbranched alkanes of at least 4 members (excludes halogenated alkanes) is 18.